The third kappa shape index (κ3) is 3.88. The Kier molecular flexibility index (Phi) is 5.57. The molecule has 1 aliphatic rings. The van der Waals surface area contributed by atoms with E-state index >= 15 is 0 Å². The lowest BCUT2D eigenvalue weighted by molar-refractivity contribution is -0.120. The molecule has 1 unspecified atom stereocenters. The van der Waals surface area contributed by atoms with E-state index in [9.17, 15) is 14.7 Å². The molecule has 0 radical (unpaired) electrons. The maximum Gasteiger partial charge on any atom is 0.224 e. The average molecular weight is 354 g/mol. The average Bonchev–Trinajstić information content (AvgIpc) is 2.88. The second-order valence-corrected chi connectivity index (χ2v) is 7.06. The number of aliphatic hydroxyl groups is 1. The fourth-order valence-corrected chi connectivity index (χ4v) is 3.67. The topological polar surface area (TPSA) is 71.3 Å². The SMILES string of the molecule is Cc1c(CC(=O)NCC(C)O)c2c(n1Cc1ccccc1)CCCC2=O. The van der Waals surface area contributed by atoms with Crippen LogP contribution in [0.25, 0.3) is 0 Å². The first kappa shape index (κ1) is 18.4. The number of hydrogen-bond donors (Lipinski definition) is 2. The third-order valence-corrected chi connectivity index (χ3v) is 4.97. The van der Waals surface area contributed by atoms with Crippen molar-refractivity contribution in [3.05, 3.63) is 58.4 Å². The molecule has 1 heterocycles. The van der Waals surface area contributed by atoms with E-state index in [0.29, 0.717) is 13.0 Å². The first-order valence-corrected chi connectivity index (χ1v) is 9.20. The second-order valence-electron chi connectivity index (χ2n) is 7.06. The van der Waals surface area contributed by atoms with E-state index in [1.54, 1.807) is 6.92 Å². The highest BCUT2D eigenvalue weighted by molar-refractivity contribution is 6.01. The Hall–Kier alpha value is -2.40. The van der Waals surface area contributed by atoms with Crippen LogP contribution in [0.2, 0.25) is 0 Å². The first-order valence-electron chi connectivity index (χ1n) is 9.20. The Morgan fingerprint density at radius 1 is 1.27 bits per heavy atom. The molecule has 1 aromatic heterocycles. The summed E-state index contributed by atoms with van der Waals surface area (Å²) in [7, 11) is 0. The zero-order valence-electron chi connectivity index (χ0n) is 15.4. The minimum Gasteiger partial charge on any atom is -0.392 e. The van der Waals surface area contributed by atoms with Crippen molar-refractivity contribution < 1.29 is 14.7 Å². The summed E-state index contributed by atoms with van der Waals surface area (Å²) in [6.07, 6.45) is 1.86. The van der Waals surface area contributed by atoms with Gasteiger partial charge >= 0.3 is 0 Å². The molecule has 0 fully saturated rings. The standard InChI is InChI=1S/C21H26N2O3/c1-14(24)12-22-20(26)11-17-15(2)23(13-16-7-4-3-5-8-16)18-9-6-10-19(25)21(17)18/h3-5,7-8,14,24H,6,9-13H2,1-2H3,(H,22,26). The van der Waals surface area contributed by atoms with Crippen LogP contribution in [-0.4, -0.2) is 34.0 Å². The Morgan fingerprint density at radius 3 is 2.69 bits per heavy atom. The monoisotopic (exact) mass is 354 g/mol. The van der Waals surface area contributed by atoms with Gasteiger partial charge in [0.05, 0.1) is 12.5 Å². The lowest BCUT2D eigenvalue weighted by atomic mass is 9.92. The van der Waals surface area contributed by atoms with Crippen molar-refractivity contribution in [3.63, 3.8) is 0 Å². The molecule has 1 atom stereocenters. The third-order valence-electron chi connectivity index (χ3n) is 4.97. The second kappa shape index (κ2) is 7.87. The molecular formula is C21H26N2O3. The maximum atomic E-state index is 12.6. The molecule has 2 aromatic rings. The Balaban J connectivity index is 1.93. The molecule has 26 heavy (non-hydrogen) atoms. The summed E-state index contributed by atoms with van der Waals surface area (Å²) in [6.45, 7) is 4.55. The minimum atomic E-state index is -0.585. The molecule has 0 saturated carbocycles. The van der Waals surface area contributed by atoms with E-state index in [-0.39, 0.29) is 24.7 Å². The number of fused-ring (bicyclic) bond motifs is 1. The lowest BCUT2D eigenvalue weighted by Gasteiger charge is -2.16. The van der Waals surface area contributed by atoms with Gasteiger partial charge < -0.3 is 15.0 Å². The van der Waals surface area contributed by atoms with Crippen LogP contribution in [0, 0.1) is 6.92 Å². The molecule has 1 amide bonds. The van der Waals surface area contributed by atoms with Gasteiger partial charge in [0, 0.05) is 36.5 Å². The van der Waals surface area contributed by atoms with Gasteiger partial charge in [0.2, 0.25) is 5.91 Å². The molecule has 0 saturated heterocycles. The van der Waals surface area contributed by atoms with Crippen LogP contribution in [0.4, 0.5) is 0 Å². The molecule has 5 nitrogen and oxygen atoms in total. The van der Waals surface area contributed by atoms with Crippen molar-refractivity contribution in [2.45, 2.75) is 52.2 Å². The van der Waals surface area contributed by atoms with Crippen LogP contribution in [0.1, 0.15) is 52.6 Å². The molecule has 0 bridgehead atoms. The summed E-state index contributed by atoms with van der Waals surface area (Å²) in [6, 6.07) is 10.2. The summed E-state index contributed by atoms with van der Waals surface area (Å²) < 4.78 is 2.19. The molecule has 0 spiro atoms. The van der Waals surface area contributed by atoms with Crippen molar-refractivity contribution >= 4 is 11.7 Å². The van der Waals surface area contributed by atoms with E-state index in [4.69, 9.17) is 0 Å². The first-order chi connectivity index (χ1) is 12.5. The van der Waals surface area contributed by atoms with Gasteiger partial charge in [0.1, 0.15) is 0 Å². The Bertz CT molecular complexity index is 806. The zero-order chi connectivity index (χ0) is 18.7. The number of aliphatic hydroxyl groups excluding tert-OH is 1. The van der Waals surface area contributed by atoms with Crippen LogP contribution >= 0.6 is 0 Å². The van der Waals surface area contributed by atoms with Gasteiger partial charge in [0.25, 0.3) is 0 Å². The van der Waals surface area contributed by atoms with E-state index in [2.05, 4.69) is 22.0 Å². The normalized spacial score (nSPS) is 14.8. The van der Waals surface area contributed by atoms with E-state index in [0.717, 1.165) is 35.4 Å². The van der Waals surface area contributed by atoms with Crippen LogP contribution < -0.4 is 5.32 Å². The summed E-state index contributed by atoms with van der Waals surface area (Å²) in [5.74, 6) is -0.0217. The highest BCUT2D eigenvalue weighted by Crippen LogP contribution is 2.31. The number of carbonyl (C=O) groups is 2. The highest BCUT2D eigenvalue weighted by atomic mass is 16.3. The van der Waals surface area contributed by atoms with Crippen molar-refractivity contribution in [2.24, 2.45) is 0 Å². The molecule has 3 rings (SSSR count). The van der Waals surface area contributed by atoms with Gasteiger partial charge in [-0.2, -0.15) is 0 Å². The quantitative estimate of drug-likeness (QED) is 0.837. The summed E-state index contributed by atoms with van der Waals surface area (Å²) in [5.41, 5.74) is 4.80. The number of aromatic nitrogens is 1. The Labute approximate surface area is 154 Å². The molecule has 5 heteroatoms. The van der Waals surface area contributed by atoms with Gasteiger partial charge in [-0.25, -0.2) is 0 Å². The molecule has 0 aliphatic heterocycles. The van der Waals surface area contributed by atoms with Crippen LogP contribution in [0.15, 0.2) is 30.3 Å². The van der Waals surface area contributed by atoms with Gasteiger partial charge in [-0.3, -0.25) is 9.59 Å². The summed E-state index contributed by atoms with van der Waals surface area (Å²) >= 11 is 0. The van der Waals surface area contributed by atoms with Crippen molar-refractivity contribution in [1.29, 1.82) is 0 Å². The van der Waals surface area contributed by atoms with Crippen LogP contribution in [-0.2, 0) is 24.2 Å². The number of hydrogen-bond acceptors (Lipinski definition) is 3. The van der Waals surface area contributed by atoms with Crippen molar-refractivity contribution in [1.82, 2.24) is 9.88 Å². The zero-order valence-corrected chi connectivity index (χ0v) is 15.4. The molecular weight excluding hydrogens is 328 g/mol. The van der Waals surface area contributed by atoms with E-state index in [1.807, 2.05) is 25.1 Å². The molecule has 1 aliphatic carbocycles. The molecule has 2 N–H and O–H groups in total. The Morgan fingerprint density at radius 2 is 2.00 bits per heavy atom. The number of nitrogens with one attached hydrogen (secondary N) is 1. The number of benzene rings is 1. The summed E-state index contributed by atoms with van der Waals surface area (Å²) in [4.78, 5) is 24.9. The maximum absolute atomic E-state index is 12.6. The van der Waals surface area contributed by atoms with Gasteiger partial charge in [-0.1, -0.05) is 30.3 Å². The van der Waals surface area contributed by atoms with Crippen molar-refractivity contribution in [2.75, 3.05) is 6.54 Å². The van der Waals surface area contributed by atoms with E-state index in [1.165, 1.54) is 5.56 Å². The van der Waals surface area contributed by atoms with Gasteiger partial charge in [0.15, 0.2) is 5.78 Å². The van der Waals surface area contributed by atoms with Crippen LogP contribution in [0.3, 0.4) is 0 Å². The highest BCUT2D eigenvalue weighted by Gasteiger charge is 2.29. The fourth-order valence-electron chi connectivity index (χ4n) is 3.67. The van der Waals surface area contributed by atoms with Gasteiger partial charge in [-0.05, 0) is 37.8 Å². The van der Waals surface area contributed by atoms with Crippen LogP contribution in [0.5, 0.6) is 0 Å². The fraction of sp³-hybridized carbons (Fsp3) is 0.429. The minimum absolute atomic E-state index is 0.138. The lowest BCUT2D eigenvalue weighted by Crippen LogP contribution is -2.32. The van der Waals surface area contributed by atoms with E-state index < -0.39 is 6.10 Å². The summed E-state index contributed by atoms with van der Waals surface area (Å²) in [5, 5.41) is 12.1. The number of ketones is 1. The largest absolute Gasteiger partial charge is 0.392 e. The van der Waals surface area contributed by atoms with Crippen molar-refractivity contribution in [3.8, 4) is 0 Å². The molecule has 138 valence electrons. The number of carbonyl (C=O) groups excluding carboxylic acids is 2. The number of rotatable bonds is 6. The smallest absolute Gasteiger partial charge is 0.224 e. The molecule has 1 aromatic carbocycles. The number of amides is 1. The van der Waals surface area contributed by atoms with Gasteiger partial charge in [-0.15, -0.1) is 0 Å². The predicted molar refractivity (Wildman–Crippen MR) is 100 cm³/mol. The number of nitrogens with zero attached hydrogens (tertiary/aromatic N) is 1. The predicted octanol–water partition coefficient (Wildman–Crippen LogP) is 2.40. The number of Topliss-reactive ketones (excluding diaryl/α,β-unsaturated/α-hetero) is 1.